The number of carbonyl (C=O) groups is 1. The Morgan fingerprint density at radius 1 is 1.29 bits per heavy atom. The van der Waals surface area contributed by atoms with Crippen LogP contribution in [0.25, 0.3) is 0 Å². The molecule has 0 fully saturated rings. The fraction of sp³-hybridized carbons (Fsp3) is 0.500. The van der Waals surface area contributed by atoms with E-state index >= 15 is 0 Å². The molecule has 1 N–H and O–H groups in total. The van der Waals surface area contributed by atoms with Crippen LogP contribution in [0.4, 0.5) is 0 Å². The van der Waals surface area contributed by atoms with Gasteiger partial charge in [-0.05, 0) is 33.3 Å². The second-order valence-electron chi connectivity index (χ2n) is 5.21. The van der Waals surface area contributed by atoms with E-state index in [1.807, 2.05) is 58.0 Å². The van der Waals surface area contributed by atoms with E-state index in [2.05, 4.69) is 5.32 Å². The highest BCUT2D eigenvalue weighted by atomic mass is 16.5. The highest BCUT2D eigenvalue weighted by Crippen LogP contribution is 2.05. The highest BCUT2D eigenvalue weighted by Gasteiger charge is 2.20. The van der Waals surface area contributed by atoms with Gasteiger partial charge in [0.2, 0.25) is 0 Å². The summed E-state index contributed by atoms with van der Waals surface area (Å²) in [6.45, 7) is 8.21. The number of nitrogens with one attached hydrogen (secondary N) is 1. The Morgan fingerprint density at radius 3 is 2.41 bits per heavy atom. The van der Waals surface area contributed by atoms with Crippen molar-refractivity contribution in [2.45, 2.75) is 45.9 Å². The molecule has 0 aliphatic rings. The molecule has 0 aliphatic heterocycles. The summed E-state index contributed by atoms with van der Waals surface area (Å²) in [5.41, 5.74) is 0.911. The molecular formula is C14H21NO2. The molecule has 0 radical (unpaired) electrons. The molecule has 0 bridgehead atoms. The van der Waals surface area contributed by atoms with E-state index < -0.39 is 0 Å². The van der Waals surface area contributed by atoms with Crippen LogP contribution in [-0.2, 0) is 16.1 Å². The fourth-order valence-corrected chi connectivity index (χ4v) is 1.56. The van der Waals surface area contributed by atoms with Crippen LogP contribution in [0.2, 0.25) is 0 Å². The largest absolute Gasteiger partial charge is 0.460 e. The standard InChI is InChI=1S/C14H21NO2/c1-11(15-14(2,3)4)13(16)17-10-12-8-6-5-7-9-12/h5-9,11,15H,10H2,1-4H3/t11-/m1/s1. The number of hydrogen-bond donors (Lipinski definition) is 1. The van der Waals surface area contributed by atoms with Crippen LogP contribution in [0, 0.1) is 0 Å². The van der Waals surface area contributed by atoms with E-state index in [9.17, 15) is 4.79 Å². The molecule has 3 heteroatoms. The van der Waals surface area contributed by atoms with Gasteiger partial charge in [-0.3, -0.25) is 10.1 Å². The first-order valence-electron chi connectivity index (χ1n) is 5.87. The summed E-state index contributed by atoms with van der Waals surface area (Å²) in [6.07, 6.45) is 0. The van der Waals surface area contributed by atoms with Gasteiger partial charge in [0.1, 0.15) is 12.6 Å². The van der Waals surface area contributed by atoms with Crippen molar-refractivity contribution in [3.05, 3.63) is 35.9 Å². The summed E-state index contributed by atoms with van der Waals surface area (Å²) >= 11 is 0. The van der Waals surface area contributed by atoms with Gasteiger partial charge in [0.15, 0.2) is 0 Å². The number of carbonyl (C=O) groups excluding carboxylic acids is 1. The van der Waals surface area contributed by atoms with Crippen molar-refractivity contribution in [2.24, 2.45) is 0 Å². The molecule has 0 amide bonds. The zero-order valence-electron chi connectivity index (χ0n) is 11.0. The minimum absolute atomic E-state index is 0.0921. The molecule has 0 saturated heterocycles. The average molecular weight is 235 g/mol. The van der Waals surface area contributed by atoms with Crippen molar-refractivity contribution in [3.63, 3.8) is 0 Å². The van der Waals surface area contributed by atoms with E-state index in [0.29, 0.717) is 6.61 Å². The van der Waals surface area contributed by atoms with Crippen LogP contribution in [0.1, 0.15) is 33.3 Å². The lowest BCUT2D eigenvalue weighted by atomic mass is 10.1. The summed E-state index contributed by atoms with van der Waals surface area (Å²) in [5, 5.41) is 3.18. The quantitative estimate of drug-likeness (QED) is 0.815. The lowest BCUT2D eigenvalue weighted by Gasteiger charge is -2.24. The lowest BCUT2D eigenvalue weighted by Crippen LogP contribution is -2.46. The Morgan fingerprint density at radius 2 is 1.88 bits per heavy atom. The van der Waals surface area contributed by atoms with Gasteiger partial charge in [-0.2, -0.15) is 0 Å². The third kappa shape index (κ3) is 5.50. The summed E-state index contributed by atoms with van der Waals surface area (Å²) in [5.74, 6) is -0.219. The molecule has 0 aliphatic carbocycles. The van der Waals surface area contributed by atoms with Gasteiger partial charge in [-0.25, -0.2) is 0 Å². The second kappa shape index (κ2) is 5.82. The van der Waals surface area contributed by atoms with Crippen molar-refractivity contribution in [3.8, 4) is 0 Å². The SMILES string of the molecule is C[C@@H](NC(C)(C)C)C(=O)OCc1ccccc1. The summed E-state index contributed by atoms with van der Waals surface area (Å²) in [7, 11) is 0. The smallest absolute Gasteiger partial charge is 0.323 e. The summed E-state index contributed by atoms with van der Waals surface area (Å²) in [4.78, 5) is 11.7. The van der Waals surface area contributed by atoms with E-state index in [0.717, 1.165) is 5.56 Å². The zero-order valence-corrected chi connectivity index (χ0v) is 11.0. The van der Waals surface area contributed by atoms with Crippen LogP contribution in [-0.4, -0.2) is 17.6 Å². The monoisotopic (exact) mass is 235 g/mol. The molecule has 1 rings (SSSR count). The number of ether oxygens (including phenoxy) is 1. The molecule has 1 aromatic carbocycles. The maximum Gasteiger partial charge on any atom is 0.323 e. The number of benzene rings is 1. The molecule has 3 nitrogen and oxygen atoms in total. The fourth-order valence-electron chi connectivity index (χ4n) is 1.56. The third-order valence-corrected chi connectivity index (χ3v) is 2.23. The zero-order chi connectivity index (χ0) is 12.9. The normalized spacial score (nSPS) is 13.2. The molecule has 0 saturated carbocycles. The van der Waals surface area contributed by atoms with Crippen LogP contribution in [0.3, 0.4) is 0 Å². The minimum Gasteiger partial charge on any atom is -0.460 e. The first-order chi connectivity index (χ1) is 7.88. The van der Waals surface area contributed by atoms with Crippen LogP contribution in [0.15, 0.2) is 30.3 Å². The maximum atomic E-state index is 11.7. The molecular weight excluding hydrogens is 214 g/mol. The number of rotatable bonds is 4. The van der Waals surface area contributed by atoms with Crippen molar-refractivity contribution < 1.29 is 9.53 Å². The lowest BCUT2D eigenvalue weighted by molar-refractivity contribution is -0.147. The molecule has 1 aromatic rings. The Balaban J connectivity index is 2.40. The Hall–Kier alpha value is -1.35. The molecule has 0 unspecified atom stereocenters. The van der Waals surface area contributed by atoms with Crippen LogP contribution in [0.5, 0.6) is 0 Å². The van der Waals surface area contributed by atoms with Gasteiger partial charge in [-0.1, -0.05) is 30.3 Å². The number of hydrogen-bond acceptors (Lipinski definition) is 3. The van der Waals surface area contributed by atoms with Gasteiger partial charge in [0.05, 0.1) is 0 Å². The highest BCUT2D eigenvalue weighted by molar-refractivity contribution is 5.75. The van der Waals surface area contributed by atoms with Gasteiger partial charge >= 0.3 is 5.97 Å². The van der Waals surface area contributed by atoms with Crippen molar-refractivity contribution in [1.29, 1.82) is 0 Å². The van der Waals surface area contributed by atoms with Crippen LogP contribution < -0.4 is 5.32 Å². The van der Waals surface area contributed by atoms with E-state index in [4.69, 9.17) is 4.74 Å². The van der Waals surface area contributed by atoms with Crippen molar-refractivity contribution >= 4 is 5.97 Å². The van der Waals surface area contributed by atoms with Crippen molar-refractivity contribution in [1.82, 2.24) is 5.32 Å². The van der Waals surface area contributed by atoms with Gasteiger partial charge < -0.3 is 4.74 Å². The predicted molar refractivity (Wildman–Crippen MR) is 68.6 cm³/mol. The molecule has 0 spiro atoms. The second-order valence-corrected chi connectivity index (χ2v) is 5.21. The van der Waals surface area contributed by atoms with E-state index in [1.165, 1.54) is 0 Å². The van der Waals surface area contributed by atoms with E-state index in [1.54, 1.807) is 0 Å². The molecule has 0 heterocycles. The van der Waals surface area contributed by atoms with Gasteiger partial charge in [-0.15, -0.1) is 0 Å². The van der Waals surface area contributed by atoms with Crippen LogP contribution >= 0.6 is 0 Å². The number of esters is 1. The van der Waals surface area contributed by atoms with Crippen molar-refractivity contribution in [2.75, 3.05) is 0 Å². The molecule has 1 atom stereocenters. The Labute approximate surface area is 103 Å². The molecule has 17 heavy (non-hydrogen) atoms. The maximum absolute atomic E-state index is 11.7. The topological polar surface area (TPSA) is 38.3 Å². The minimum atomic E-state index is -0.293. The predicted octanol–water partition coefficient (Wildman–Crippen LogP) is 2.51. The van der Waals surface area contributed by atoms with Gasteiger partial charge in [0, 0.05) is 5.54 Å². The average Bonchev–Trinajstić information content (AvgIpc) is 2.25. The Kier molecular flexibility index (Phi) is 4.70. The van der Waals surface area contributed by atoms with E-state index in [-0.39, 0.29) is 17.6 Å². The first kappa shape index (κ1) is 13.7. The molecule has 0 aromatic heterocycles. The first-order valence-corrected chi connectivity index (χ1v) is 5.87. The third-order valence-electron chi connectivity index (χ3n) is 2.23. The summed E-state index contributed by atoms with van der Waals surface area (Å²) < 4.78 is 5.23. The summed E-state index contributed by atoms with van der Waals surface area (Å²) in [6, 6.07) is 9.39. The Bertz CT molecular complexity index is 354. The molecule has 94 valence electrons. The van der Waals surface area contributed by atoms with Gasteiger partial charge in [0.25, 0.3) is 0 Å².